The molecule has 2 heterocycles. The average Bonchev–Trinajstić information content (AvgIpc) is 2.29. The predicted molar refractivity (Wildman–Crippen MR) is 68.4 cm³/mol. The zero-order valence-electron chi connectivity index (χ0n) is 9.34. The molecule has 100 valence electrons. The van der Waals surface area contributed by atoms with Gasteiger partial charge in [0.2, 0.25) is 0 Å². The summed E-state index contributed by atoms with van der Waals surface area (Å²) in [6, 6.07) is 0.935. The first-order chi connectivity index (χ1) is 8.38. The van der Waals surface area contributed by atoms with Crippen molar-refractivity contribution in [3.05, 3.63) is 22.8 Å². The van der Waals surface area contributed by atoms with Crippen LogP contribution >= 0.6 is 27.5 Å². The molecule has 1 aromatic heterocycles. The lowest BCUT2D eigenvalue weighted by molar-refractivity contribution is -0.137. The molecule has 2 nitrogen and oxygen atoms in total. The van der Waals surface area contributed by atoms with E-state index >= 15 is 0 Å². The quantitative estimate of drug-likeness (QED) is 0.713. The highest BCUT2D eigenvalue weighted by atomic mass is 79.9. The topological polar surface area (TPSA) is 16.1 Å². The molecular weight excluding hydrogens is 332 g/mol. The summed E-state index contributed by atoms with van der Waals surface area (Å²) in [7, 11) is 0. The summed E-state index contributed by atoms with van der Waals surface area (Å²) in [5.74, 6) is 0.434. The van der Waals surface area contributed by atoms with Crippen LogP contribution in [0, 0.1) is 0 Å². The molecule has 0 N–H and O–H groups in total. The van der Waals surface area contributed by atoms with Crippen LogP contribution in [0.15, 0.2) is 12.3 Å². The maximum absolute atomic E-state index is 12.5. The van der Waals surface area contributed by atoms with Crippen molar-refractivity contribution in [2.45, 2.75) is 23.8 Å². The van der Waals surface area contributed by atoms with Gasteiger partial charge in [0.15, 0.2) is 0 Å². The highest BCUT2D eigenvalue weighted by Crippen LogP contribution is 2.34. The van der Waals surface area contributed by atoms with Crippen LogP contribution in [0.5, 0.6) is 0 Å². The van der Waals surface area contributed by atoms with Gasteiger partial charge < -0.3 is 4.90 Å². The first kappa shape index (κ1) is 13.9. The van der Waals surface area contributed by atoms with Crippen molar-refractivity contribution in [3.63, 3.8) is 0 Å². The smallest absolute Gasteiger partial charge is 0.355 e. The van der Waals surface area contributed by atoms with Gasteiger partial charge in [-0.1, -0.05) is 27.5 Å². The van der Waals surface area contributed by atoms with Gasteiger partial charge in [-0.15, -0.1) is 0 Å². The van der Waals surface area contributed by atoms with E-state index in [1.807, 2.05) is 4.90 Å². The summed E-state index contributed by atoms with van der Waals surface area (Å²) in [6.07, 6.45) is -1.71. The molecule has 1 fully saturated rings. The second kappa shape index (κ2) is 5.25. The number of aromatic nitrogens is 1. The Morgan fingerprint density at radius 2 is 1.94 bits per heavy atom. The van der Waals surface area contributed by atoms with Gasteiger partial charge in [-0.3, -0.25) is 0 Å². The number of hydrogen-bond acceptors (Lipinski definition) is 2. The van der Waals surface area contributed by atoms with Gasteiger partial charge in [0.05, 0.1) is 10.6 Å². The maximum Gasteiger partial charge on any atom is 0.417 e. The molecule has 0 aliphatic carbocycles. The van der Waals surface area contributed by atoms with Gasteiger partial charge in [0.25, 0.3) is 0 Å². The van der Waals surface area contributed by atoms with Gasteiger partial charge in [0.1, 0.15) is 5.82 Å². The fourth-order valence-electron chi connectivity index (χ4n) is 1.88. The molecule has 0 bridgehead atoms. The van der Waals surface area contributed by atoms with Crippen molar-refractivity contribution in [2.75, 3.05) is 18.0 Å². The Hall–Kier alpha value is -0.490. The zero-order valence-corrected chi connectivity index (χ0v) is 11.7. The van der Waals surface area contributed by atoms with Crippen molar-refractivity contribution in [3.8, 4) is 0 Å². The minimum atomic E-state index is -4.40. The van der Waals surface area contributed by atoms with Crippen LogP contribution in [0.25, 0.3) is 0 Å². The van der Waals surface area contributed by atoms with Crippen molar-refractivity contribution in [1.82, 2.24) is 4.98 Å². The van der Waals surface area contributed by atoms with E-state index in [0.717, 1.165) is 38.2 Å². The van der Waals surface area contributed by atoms with Crippen molar-refractivity contribution >= 4 is 33.3 Å². The Kier molecular flexibility index (Phi) is 4.06. The lowest BCUT2D eigenvalue weighted by atomic mass is 10.1. The second-order valence-corrected chi connectivity index (χ2v) is 5.89. The first-order valence-corrected chi connectivity index (χ1v) is 6.79. The molecule has 18 heavy (non-hydrogen) atoms. The van der Waals surface area contributed by atoms with E-state index in [2.05, 4.69) is 20.9 Å². The number of halogens is 5. The molecule has 0 atom stereocenters. The van der Waals surface area contributed by atoms with E-state index in [9.17, 15) is 13.2 Å². The minimum absolute atomic E-state index is 0.0536. The lowest BCUT2D eigenvalue weighted by Gasteiger charge is -2.31. The predicted octanol–water partition coefficient (Wildman–Crippen LogP) is 4.12. The molecule has 0 amide bonds. The fourth-order valence-corrected chi connectivity index (χ4v) is 2.57. The van der Waals surface area contributed by atoms with Gasteiger partial charge in [-0.25, -0.2) is 4.98 Å². The van der Waals surface area contributed by atoms with Crippen LogP contribution in [0.1, 0.15) is 18.4 Å². The summed E-state index contributed by atoms with van der Waals surface area (Å²) in [4.78, 5) is 6.23. The zero-order chi connectivity index (χ0) is 13.3. The fraction of sp³-hybridized carbons (Fsp3) is 0.545. The third-order valence-corrected chi connectivity index (χ3v) is 4.07. The third kappa shape index (κ3) is 3.09. The molecule has 1 aliphatic rings. The molecule has 0 unspecified atom stereocenters. The maximum atomic E-state index is 12.5. The van der Waals surface area contributed by atoms with E-state index in [1.165, 1.54) is 0 Å². The summed E-state index contributed by atoms with van der Waals surface area (Å²) in [5, 5.41) is 0.0536. The number of pyridine rings is 1. The van der Waals surface area contributed by atoms with Crippen molar-refractivity contribution < 1.29 is 13.2 Å². The number of alkyl halides is 4. The number of rotatable bonds is 1. The Morgan fingerprint density at radius 1 is 1.33 bits per heavy atom. The number of nitrogens with zero attached hydrogens (tertiary/aromatic N) is 2. The molecule has 0 aromatic carbocycles. The van der Waals surface area contributed by atoms with Gasteiger partial charge >= 0.3 is 6.18 Å². The molecule has 1 aromatic rings. The average molecular weight is 344 g/mol. The van der Waals surface area contributed by atoms with Crippen LogP contribution < -0.4 is 4.90 Å². The van der Waals surface area contributed by atoms with Crippen molar-refractivity contribution in [1.29, 1.82) is 0 Å². The highest BCUT2D eigenvalue weighted by molar-refractivity contribution is 9.09. The van der Waals surface area contributed by atoms with Gasteiger partial charge in [-0.2, -0.15) is 13.2 Å². The summed E-state index contributed by atoms with van der Waals surface area (Å²) in [6.45, 7) is 1.49. The van der Waals surface area contributed by atoms with E-state index < -0.39 is 11.7 Å². The molecule has 0 spiro atoms. The standard InChI is InChI=1S/C11H11BrClF3N2/c12-8-1-3-18(4-2-8)10-9(13)5-7(6-17-10)11(14,15)16/h5-6,8H,1-4H2. The molecule has 0 radical (unpaired) electrons. The minimum Gasteiger partial charge on any atom is -0.355 e. The summed E-state index contributed by atoms with van der Waals surface area (Å²) < 4.78 is 37.4. The summed E-state index contributed by atoms with van der Waals surface area (Å²) >= 11 is 9.40. The molecule has 0 saturated carbocycles. The van der Waals surface area contributed by atoms with E-state index in [-0.39, 0.29) is 5.02 Å². The number of anilines is 1. The Morgan fingerprint density at radius 3 is 2.44 bits per heavy atom. The van der Waals surface area contributed by atoms with E-state index in [4.69, 9.17) is 11.6 Å². The highest BCUT2D eigenvalue weighted by Gasteiger charge is 2.32. The second-order valence-electron chi connectivity index (χ2n) is 4.19. The number of hydrogen-bond donors (Lipinski definition) is 0. The Balaban J connectivity index is 2.20. The van der Waals surface area contributed by atoms with Crippen LogP contribution in [-0.4, -0.2) is 22.9 Å². The van der Waals surface area contributed by atoms with E-state index in [0.29, 0.717) is 10.6 Å². The molecule has 2 rings (SSSR count). The third-order valence-electron chi connectivity index (χ3n) is 2.87. The largest absolute Gasteiger partial charge is 0.417 e. The van der Waals surface area contributed by atoms with Crippen molar-refractivity contribution in [2.24, 2.45) is 0 Å². The lowest BCUT2D eigenvalue weighted by Crippen LogP contribution is -2.34. The van der Waals surface area contributed by atoms with Gasteiger partial charge in [-0.05, 0) is 18.9 Å². The van der Waals surface area contributed by atoms with E-state index in [1.54, 1.807) is 0 Å². The summed E-state index contributed by atoms with van der Waals surface area (Å²) in [5.41, 5.74) is -0.813. The van der Waals surface area contributed by atoms with Gasteiger partial charge in [0, 0.05) is 24.1 Å². The van der Waals surface area contributed by atoms with Crippen LogP contribution in [0.3, 0.4) is 0 Å². The molecule has 1 aliphatic heterocycles. The molecule has 1 saturated heterocycles. The Labute approximate surface area is 116 Å². The Bertz CT molecular complexity index is 431. The molecule has 7 heteroatoms. The monoisotopic (exact) mass is 342 g/mol. The van der Waals surface area contributed by atoms with Crippen LogP contribution in [0.4, 0.5) is 19.0 Å². The number of piperidine rings is 1. The first-order valence-electron chi connectivity index (χ1n) is 5.49. The van der Waals surface area contributed by atoms with Crippen LogP contribution in [-0.2, 0) is 6.18 Å². The van der Waals surface area contributed by atoms with Crippen LogP contribution in [0.2, 0.25) is 5.02 Å². The SMILES string of the molecule is FC(F)(F)c1cnc(N2CCC(Br)CC2)c(Cl)c1. The molecular formula is C11H11BrClF3N2. The normalized spacial score (nSPS) is 18.2.